The predicted molar refractivity (Wildman–Crippen MR) is 116 cm³/mol. The number of benzene rings is 2. The van der Waals surface area contributed by atoms with Crippen LogP contribution in [0.3, 0.4) is 0 Å². The van der Waals surface area contributed by atoms with Gasteiger partial charge in [0, 0.05) is 12.6 Å². The van der Waals surface area contributed by atoms with Gasteiger partial charge in [0.15, 0.2) is 0 Å². The van der Waals surface area contributed by atoms with Crippen LogP contribution in [0.1, 0.15) is 48.9 Å². The Morgan fingerprint density at radius 1 is 1.27 bits per heavy atom. The van der Waals surface area contributed by atoms with Crippen molar-refractivity contribution < 1.29 is 13.2 Å². The second-order valence-electron chi connectivity index (χ2n) is 7.71. The molecule has 0 bridgehead atoms. The number of fused-ring (bicyclic) bond motifs is 1. The molecule has 1 saturated heterocycles. The van der Waals surface area contributed by atoms with Gasteiger partial charge < -0.3 is 9.88 Å². The third-order valence-corrected chi connectivity index (χ3v) is 7.09. The maximum absolute atomic E-state index is 13.4. The fraction of sp³-hybridized carbons (Fsp3) is 0.333. The molecule has 1 aliphatic heterocycles. The Bertz CT molecular complexity index is 1170. The number of aromatic nitrogens is 2. The Labute approximate surface area is 180 Å². The highest BCUT2D eigenvalue weighted by molar-refractivity contribution is 7.89. The lowest BCUT2D eigenvalue weighted by molar-refractivity contribution is 0.0730. The Hall–Kier alpha value is -2.42. The van der Waals surface area contributed by atoms with E-state index in [9.17, 15) is 13.2 Å². The van der Waals surface area contributed by atoms with Crippen molar-refractivity contribution in [3.63, 3.8) is 0 Å². The van der Waals surface area contributed by atoms with E-state index in [1.54, 1.807) is 18.7 Å². The summed E-state index contributed by atoms with van der Waals surface area (Å²) in [5, 5.41) is 0.221. The lowest BCUT2D eigenvalue weighted by atomic mass is 10.1. The van der Waals surface area contributed by atoms with E-state index in [0.29, 0.717) is 6.54 Å². The van der Waals surface area contributed by atoms with Gasteiger partial charge in [0.2, 0.25) is 10.0 Å². The first-order chi connectivity index (χ1) is 14.3. The smallest absolute Gasteiger partial charge is 0.256 e. The largest absolute Gasteiger partial charge is 0.340 e. The van der Waals surface area contributed by atoms with Crippen molar-refractivity contribution in [1.82, 2.24) is 19.6 Å². The van der Waals surface area contributed by atoms with E-state index in [2.05, 4.69) is 14.7 Å². The van der Waals surface area contributed by atoms with Gasteiger partial charge in [-0.2, -0.15) is 0 Å². The number of nitrogens with zero attached hydrogens (tertiary/aromatic N) is 2. The molecule has 1 atom stereocenters. The summed E-state index contributed by atoms with van der Waals surface area (Å²) in [6.07, 6.45) is 1.61. The summed E-state index contributed by atoms with van der Waals surface area (Å²) in [6, 6.07) is 11.4. The minimum Gasteiger partial charge on any atom is -0.340 e. The summed E-state index contributed by atoms with van der Waals surface area (Å²) in [5.74, 6) is 0.424. The van der Waals surface area contributed by atoms with Gasteiger partial charge in [-0.25, -0.2) is 18.1 Å². The quantitative estimate of drug-likeness (QED) is 0.621. The molecule has 7 nitrogen and oxygen atoms in total. The summed E-state index contributed by atoms with van der Waals surface area (Å²) in [5.41, 5.74) is 1.93. The molecule has 9 heteroatoms. The number of likely N-dealkylation sites (tertiary alicyclic amines) is 1. The molecule has 4 rings (SSSR count). The molecule has 0 radical (unpaired) electrons. The van der Waals surface area contributed by atoms with Crippen LogP contribution in [0, 0.1) is 0 Å². The van der Waals surface area contributed by atoms with Gasteiger partial charge in [-0.1, -0.05) is 23.7 Å². The van der Waals surface area contributed by atoms with Gasteiger partial charge in [0.25, 0.3) is 5.91 Å². The molecule has 1 aliphatic rings. The predicted octanol–water partition coefficient (Wildman–Crippen LogP) is 3.88. The van der Waals surface area contributed by atoms with Crippen molar-refractivity contribution >= 4 is 38.6 Å². The summed E-state index contributed by atoms with van der Waals surface area (Å²) in [7, 11) is -3.74. The number of sulfonamides is 1. The molecule has 3 aromatic rings. The first-order valence-corrected chi connectivity index (χ1v) is 11.7. The highest BCUT2D eigenvalue weighted by Gasteiger charge is 2.34. The molecule has 2 heterocycles. The Morgan fingerprint density at radius 2 is 2.03 bits per heavy atom. The van der Waals surface area contributed by atoms with Crippen molar-refractivity contribution in [3.05, 3.63) is 58.9 Å². The summed E-state index contributed by atoms with van der Waals surface area (Å²) < 4.78 is 27.6. The van der Waals surface area contributed by atoms with Crippen LogP contribution in [-0.2, 0) is 10.0 Å². The maximum atomic E-state index is 13.4. The van der Waals surface area contributed by atoms with Crippen LogP contribution in [0.5, 0.6) is 0 Å². The van der Waals surface area contributed by atoms with Crippen molar-refractivity contribution in [2.45, 2.75) is 43.7 Å². The van der Waals surface area contributed by atoms with Crippen molar-refractivity contribution in [2.24, 2.45) is 0 Å². The van der Waals surface area contributed by atoms with Crippen LogP contribution < -0.4 is 4.72 Å². The minimum absolute atomic E-state index is 0.0171. The number of imidazole rings is 1. The number of halogens is 1. The van der Waals surface area contributed by atoms with Gasteiger partial charge in [-0.15, -0.1) is 0 Å². The Morgan fingerprint density at radius 3 is 2.77 bits per heavy atom. The van der Waals surface area contributed by atoms with E-state index in [4.69, 9.17) is 11.6 Å². The highest BCUT2D eigenvalue weighted by Crippen LogP contribution is 2.34. The van der Waals surface area contributed by atoms with E-state index in [1.807, 2.05) is 24.3 Å². The van der Waals surface area contributed by atoms with Crippen LogP contribution in [-0.4, -0.2) is 41.8 Å². The number of H-pyrrole nitrogens is 1. The second-order valence-corrected chi connectivity index (χ2v) is 9.83. The first-order valence-electron chi connectivity index (χ1n) is 9.84. The van der Waals surface area contributed by atoms with E-state index in [1.165, 1.54) is 18.2 Å². The molecule has 1 unspecified atom stereocenters. The molecule has 158 valence electrons. The monoisotopic (exact) mass is 446 g/mol. The molecule has 0 saturated carbocycles. The molecule has 0 spiro atoms. The molecule has 1 aromatic heterocycles. The highest BCUT2D eigenvalue weighted by atomic mass is 35.5. The van der Waals surface area contributed by atoms with E-state index in [0.717, 1.165) is 29.7 Å². The molecular formula is C21H23ClN4O3S. The number of amides is 1. The van der Waals surface area contributed by atoms with Crippen molar-refractivity contribution in [3.8, 4) is 0 Å². The van der Waals surface area contributed by atoms with E-state index in [-0.39, 0.29) is 33.5 Å². The Balaban J connectivity index is 1.67. The number of para-hydroxylation sites is 2. The number of aromatic amines is 1. The van der Waals surface area contributed by atoms with Crippen LogP contribution in [0.25, 0.3) is 11.0 Å². The minimum atomic E-state index is -3.74. The Kier molecular flexibility index (Phi) is 5.57. The van der Waals surface area contributed by atoms with Gasteiger partial charge in [0.1, 0.15) is 5.82 Å². The molecule has 1 fully saturated rings. The number of hydrogen-bond acceptors (Lipinski definition) is 4. The van der Waals surface area contributed by atoms with Crippen molar-refractivity contribution in [1.29, 1.82) is 0 Å². The topological polar surface area (TPSA) is 95.2 Å². The van der Waals surface area contributed by atoms with Crippen LogP contribution >= 0.6 is 11.6 Å². The number of carbonyl (C=O) groups is 1. The van der Waals surface area contributed by atoms with Crippen molar-refractivity contribution in [2.75, 3.05) is 6.54 Å². The number of hydrogen-bond donors (Lipinski definition) is 2. The second kappa shape index (κ2) is 8.02. The molecule has 30 heavy (non-hydrogen) atoms. The van der Waals surface area contributed by atoms with Gasteiger partial charge in [0.05, 0.1) is 32.6 Å². The lowest BCUT2D eigenvalue weighted by Crippen LogP contribution is -2.32. The molecule has 1 amide bonds. The number of carbonyl (C=O) groups excluding carboxylic acids is 1. The van der Waals surface area contributed by atoms with Crippen LogP contribution in [0.15, 0.2) is 47.4 Å². The third kappa shape index (κ3) is 3.95. The summed E-state index contributed by atoms with van der Waals surface area (Å²) in [6.45, 7) is 4.03. The summed E-state index contributed by atoms with van der Waals surface area (Å²) in [4.78, 5) is 23.0. The average Bonchev–Trinajstić information content (AvgIpc) is 3.33. The van der Waals surface area contributed by atoms with E-state index >= 15 is 0 Å². The SMILES string of the molecule is CC(C)NS(=O)(=O)c1ccc(Cl)c(C(=O)N2CCCC2c2nc3ccccc3[nH]2)c1. The number of nitrogens with one attached hydrogen (secondary N) is 2. The average molecular weight is 447 g/mol. The maximum Gasteiger partial charge on any atom is 0.256 e. The number of rotatable bonds is 5. The normalized spacial score (nSPS) is 17.2. The zero-order valence-corrected chi connectivity index (χ0v) is 18.3. The third-order valence-electron chi connectivity index (χ3n) is 5.11. The lowest BCUT2D eigenvalue weighted by Gasteiger charge is -2.24. The van der Waals surface area contributed by atoms with E-state index < -0.39 is 10.0 Å². The van der Waals surface area contributed by atoms with Gasteiger partial charge in [-0.3, -0.25) is 4.79 Å². The van der Waals surface area contributed by atoms with Crippen LogP contribution in [0.2, 0.25) is 5.02 Å². The molecule has 2 aromatic carbocycles. The molecule has 0 aliphatic carbocycles. The fourth-order valence-electron chi connectivity index (χ4n) is 3.79. The molecular weight excluding hydrogens is 424 g/mol. The summed E-state index contributed by atoms with van der Waals surface area (Å²) >= 11 is 6.30. The first kappa shape index (κ1) is 20.8. The van der Waals surface area contributed by atoms with Crippen LogP contribution in [0.4, 0.5) is 0 Å². The standard InChI is InChI=1S/C21H23ClN4O3S/c1-13(2)25-30(28,29)14-9-10-16(22)15(12-14)21(27)26-11-5-8-19(26)20-23-17-6-3-4-7-18(17)24-20/h3-4,6-7,9-10,12-13,19,25H,5,8,11H2,1-2H3,(H,23,24). The van der Waals surface area contributed by atoms with Gasteiger partial charge in [-0.05, 0) is 57.0 Å². The van der Waals surface area contributed by atoms with Gasteiger partial charge >= 0.3 is 0 Å². The zero-order chi connectivity index (χ0) is 21.5. The zero-order valence-electron chi connectivity index (χ0n) is 16.7. The fourth-order valence-corrected chi connectivity index (χ4v) is 5.27. The molecule has 2 N–H and O–H groups in total.